The number of thioether (sulfide) groups is 1. The summed E-state index contributed by atoms with van der Waals surface area (Å²) >= 11 is 1.83. The Labute approximate surface area is 125 Å². The van der Waals surface area contributed by atoms with Gasteiger partial charge in [0.05, 0.1) is 17.2 Å². The molecule has 1 atom stereocenters. The Bertz CT molecular complexity index is 773. The zero-order valence-corrected chi connectivity index (χ0v) is 11.9. The second-order valence-corrected chi connectivity index (χ2v) is 6.15. The van der Waals surface area contributed by atoms with Crippen molar-refractivity contribution in [3.05, 3.63) is 59.2 Å². The fourth-order valence-electron chi connectivity index (χ4n) is 2.74. The highest BCUT2D eigenvalue weighted by Crippen LogP contribution is 2.39. The average Bonchev–Trinajstić information content (AvgIpc) is 3.02. The second-order valence-electron chi connectivity index (χ2n) is 5.09. The van der Waals surface area contributed by atoms with Gasteiger partial charge in [-0.25, -0.2) is 0 Å². The molecule has 0 aromatic heterocycles. The van der Waals surface area contributed by atoms with Crippen molar-refractivity contribution in [2.45, 2.75) is 10.9 Å². The van der Waals surface area contributed by atoms with Crippen LogP contribution in [0, 0.1) is 0 Å². The minimum Gasteiger partial charge on any atom is -0.377 e. The average molecular weight is 296 g/mol. The van der Waals surface area contributed by atoms with Crippen molar-refractivity contribution in [3.8, 4) is 0 Å². The smallest absolute Gasteiger partial charge is 0.259 e. The standard InChI is InChI=1S/C16H12N2O2S/c19-15-10-6-5-9(7-12(10)16(20)18-15)17-13-8-21-14-4-2-1-3-11(13)14/h1-7,13,17H,8H2,(H,18,19,20). The fraction of sp³-hybridized carbons (Fsp3) is 0.125. The SMILES string of the molecule is O=C1NC(=O)c2cc(NC3CSc4ccccc43)ccc21. The maximum Gasteiger partial charge on any atom is 0.259 e. The predicted molar refractivity (Wildman–Crippen MR) is 81.8 cm³/mol. The van der Waals surface area contributed by atoms with Gasteiger partial charge in [-0.2, -0.15) is 0 Å². The van der Waals surface area contributed by atoms with Gasteiger partial charge in [0.15, 0.2) is 0 Å². The van der Waals surface area contributed by atoms with Crippen LogP contribution in [0.25, 0.3) is 0 Å². The van der Waals surface area contributed by atoms with E-state index in [0.29, 0.717) is 11.1 Å². The van der Waals surface area contributed by atoms with Gasteiger partial charge in [0.1, 0.15) is 0 Å². The van der Waals surface area contributed by atoms with Gasteiger partial charge in [-0.05, 0) is 29.8 Å². The van der Waals surface area contributed by atoms with E-state index in [1.165, 1.54) is 10.5 Å². The molecular formula is C16H12N2O2S. The molecule has 2 heterocycles. The van der Waals surface area contributed by atoms with Crippen LogP contribution in [0.15, 0.2) is 47.4 Å². The van der Waals surface area contributed by atoms with Crippen LogP contribution in [-0.2, 0) is 0 Å². The molecule has 2 aromatic rings. The Balaban J connectivity index is 1.64. The third kappa shape index (κ3) is 2.01. The van der Waals surface area contributed by atoms with Crippen LogP contribution in [0.1, 0.15) is 32.3 Å². The molecule has 0 radical (unpaired) electrons. The first-order chi connectivity index (χ1) is 10.2. The number of hydrogen-bond donors (Lipinski definition) is 2. The highest BCUT2D eigenvalue weighted by atomic mass is 32.2. The third-order valence-corrected chi connectivity index (χ3v) is 4.96. The minimum absolute atomic E-state index is 0.226. The number of fused-ring (bicyclic) bond motifs is 2. The molecule has 2 aliphatic heterocycles. The molecule has 2 amide bonds. The van der Waals surface area contributed by atoms with Crippen LogP contribution in [-0.4, -0.2) is 17.6 Å². The number of rotatable bonds is 2. The highest BCUT2D eigenvalue weighted by Gasteiger charge is 2.28. The van der Waals surface area contributed by atoms with Crippen LogP contribution in [0.5, 0.6) is 0 Å². The van der Waals surface area contributed by atoms with Crippen molar-refractivity contribution in [2.24, 2.45) is 0 Å². The summed E-state index contributed by atoms with van der Waals surface area (Å²) in [6.45, 7) is 0. The summed E-state index contributed by atoms with van der Waals surface area (Å²) in [5, 5.41) is 5.76. The summed E-state index contributed by atoms with van der Waals surface area (Å²) in [5.74, 6) is 0.324. The van der Waals surface area contributed by atoms with E-state index < -0.39 is 0 Å². The lowest BCUT2D eigenvalue weighted by atomic mass is 10.1. The molecule has 104 valence electrons. The summed E-state index contributed by atoms with van der Waals surface area (Å²) < 4.78 is 0. The molecule has 1 unspecified atom stereocenters. The fourth-order valence-corrected chi connectivity index (χ4v) is 3.90. The van der Waals surface area contributed by atoms with Gasteiger partial charge in [-0.3, -0.25) is 14.9 Å². The van der Waals surface area contributed by atoms with Crippen LogP contribution >= 0.6 is 11.8 Å². The number of imide groups is 1. The van der Waals surface area contributed by atoms with Crippen LogP contribution in [0.2, 0.25) is 0 Å². The van der Waals surface area contributed by atoms with E-state index in [2.05, 4.69) is 22.8 Å². The van der Waals surface area contributed by atoms with Crippen molar-refractivity contribution in [3.63, 3.8) is 0 Å². The van der Waals surface area contributed by atoms with Crippen molar-refractivity contribution >= 4 is 29.3 Å². The Hall–Kier alpha value is -2.27. The van der Waals surface area contributed by atoms with Crippen LogP contribution in [0.4, 0.5) is 5.69 Å². The van der Waals surface area contributed by atoms with E-state index in [1.54, 1.807) is 12.1 Å². The summed E-state index contributed by atoms with van der Waals surface area (Å²) in [6.07, 6.45) is 0. The molecule has 0 bridgehead atoms. The minimum atomic E-state index is -0.320. The number of hydrogen-bond acceptors (Lipinski definition) is 4. The van der Waals surface area contributed by atoms with E-state index in [0.717, 1.165) is 11.4 Å². The van der Waals surface area contributed by atoms with E-state index in [9.17, 15) is 9.59 Å². The number of nitrogens with one attached hydrogen (secondary N) is 2. The maximum atomic E-state index is 11.7. The molecule has 5 heteroatoms. The van der Waals surface area contributed by atoms with Crippen molar-refractivity contribution in [1.82, 2.24) is 5.32 Å². The lowest BCUT2D eigenvalue weighted by Gasteiger charge is -2.15. The first-order valence-corrected chi connectivity index (χ1v) is 7.69. The Morgan fingerprint density at radius 3 is 2.76 bits per heavy atom. The van der Waals surface area contributed by atoms with Gasteiger partial charge in [0, 0.05) is 16.3 Å². The van der Waals surface area contributed by atoms with Crippen LogP contribution < -0.4 is 10.6 Å². The highest BCUT2D eigenvalue weighted by molar-refractivity contribution is 7.99. The van der Waals surface area contributed by atoms with Crippen molar-refractivity contribution in [1.29, 1.82) is 0 Å². The largest absolute Gasteiger partial charge is 0.377 e. The Morgan fingerprint density at radius 2 is 1.86 bits per heavy atom. The molecule has 4 nitrogen and oxygen atoms in total. The quantitative estimate of drug-likeness (QED) is 0.837. The zero-order valence-electron chi connectivity index (χ0n) is 11.1. The molecule has 21 heavy (non-hydrogen) atoms. The van der Waals surface area contributed by atoms with Gasteiger partial charge in [0.25, 0.3) is 11.8 Å². The number of amides is 2. The molecule has 2 aromatic carbocycles. The van der Waals surface area contributed by atoms with Gasteiger partial charge in [-0.15, -0.1) is 11.8 Å². The number of anilines is 1. The van der Waals surface area contributed by atoms with Crippen molar-refractivity contribution in [2.75, 3.05) is 11.1 Å². The molecule has 2 aliphatic rings. The van der Waals surface area contributed by atoms with Gasteiger partial charge in [-0.1, -0.05) is 18.2 Å². The van der Waals surface area contributed by atoms with E-state index in [-0.39, 0.29) is 17.9 Å². The molecule has 0 saturated carbocycles. The van der Waals surface area contributed by atoms with Gasteiger partial charge >= 0.3 is 0 Å². The lowest BCUT2D eigenvalue weighted by molar-refractivity contribution is 0.0879. The molecule has 0 spiro atoms. The lowest BCUT2D eigenvalue weighted by Crippen LogP contribution is -2.19. The summed E-state index contributed by atoms with van der Waals surface area (Å²) in [7, 11) is 0. The number of carbonyl (C=O) groups is 2. The molecular weight excluding hydrogens is 284 g/mol. The summed E-state index contributed by atoms with van der Waals surface area (Å²) in [4.78, 5) is 24.5. The number of benzene rings is 2. The van der Waals surface area contributed by atoms with Crippen molar-refractivity contribution < 1.29 is 9.59 Å². The van der Waals surface area contributed by atoms with Gasteiger partial charge in [0.2, 0.25) is 0 Å². The molecule has 2 N–H and O–H groups in total. The first kappa shape index (κ1) is 12.5. The van der Waals surface area contributed by atoms with Gasteiger partial charge < -0.3 is 5.32 Å². The number of carbonyl (C=O) groups excluding carboxylic acids is 2. The molecule has 0 saturated heterocycles. The monoisotopic (exact) mass is 296 g/mol. The predicted octanol–water partition coefficient (Wildman–Crippen LogP) is 2.83. The maximum absolute atomic E-state index is 11.7. The second kappa shape index (κ2) is 4.63. The van der Waals surface area contributed by atoms with Crippen LogP contribution in [0.3, 0.4) is 0 Å². The zero-order chi connectivity index (χ0) is 14.4. The van der Waals surface area contributed by atoms with E-state index >= 15 is 0 Å². The summed E-state index contributed by atoms with van der Waals surface area (Å²) in [6, 6.07) is 13.8. The first-order valence-electron chi connectivity index (χ1n) is 6.70. The molecule has 0 fully saturated rings. The summed E-state index contributed by atoms with van der Waals surface area (Å²) in [5.41, 5.74) is 3.04. The Morgan fingerprint density at radius 1 is 1.05 bits per heavy atom. The normalized spacial score (nSPS) is 19.1. The third-order valence-electron chi connectivity index (χ3n) is 3.78. The van der Waals surface area contributed by atoms with E-state index in [4.69, 9.17) is 0 Å². The molecule has 0 aliphatic carbocycles. The van der Waals surface area contributed by atoms with E-state index in [1.807, 2.05) is 30.0 Å². The topological polar surface area (TPSA) is 58.2 Å². The Kier molecular flexibility index (Phi) is 2.75. The molecule has 4 rings (SSSR count).